The number of hydrogen-bond donors (Lipinski definition) is 0. The molecule has 0 atom stereocenters. The van der Waals surface area contributed by atoms with Crippen LogP contribution in [0.4, 0.5) is 4.39 Å². The van der Waals surface area contributed by atoms with Gasteiger partial charge in [-0.1, -0.05) is 36.4 Å². The first-order valence-corrected chi connectivity index (χ1v) is 6.00. The van der Waals surface area contributed by atoms with Crippen molar-refractivity contribution in [3.63, 3.8) is 0 Å². The van der Waals surface area contributed by atoms with Crippen LogP contribution in [0.2, 0.25) is 0 Å². The molecule has 0 fully saturated rings. The van der Waals surface area contributed by atoms with Crippen LogP contribution in [0.15, 0.2) is 54.6 Å². The molecular formula is C16H12FO3-. The molecule has 2 aromatic rings. The van der Waals surface area contributed by atoms with Crippen LogP contribution in [0.25, 0.3) is 6.08 Å². The zero-order valence-corrected chi connectivity index (χ0v) is 10.6. The lowest BCUT2D eigenvalue weighted by Crippen LogP contribution is -2.18. The van der Waals surface area contributed by atoms with Crippen molar-refractivity contribution in [2.45, 2.75) is 6.61 Å². The van der Waals surface area contributed by atoms with Crippen molar-refractivity contribution in [3.8, 4) is 5.75 Å². The van der Waals surface area contributed by atoms with E-state index < -0.39 is 5.97 Å². The summed E-state index contributed by atoms with van der Waals surface area (Å²) >= 11 is 0. The van der Waals surface area contributed by atoms with Gasteiger partial charge in [-0.3, -0.25) is 0 Å². The molecule has 2 rings (SSSR count). The van der Waals surface area contributed by atoms with Gasteiger partial charge in [0.15, 0.2) is 0 Å². The summed E-state index contributed by atoms with van der Waals surface area (Å²) in [5.74, 6) is -0.968. The average molecular weight is 271 g/mol. The van der Waals surface area contributed by atoms with Gasteiger partial charge in [-0.25, -0.2) is 4.39 Å². The van der Waals surface area contributed by atoms with E-state index >= 15 is 0 Å². The second kappa shape index (κ2) is 6.52. The minimum Gasteiger partial charge on any atom is -0.545 e. The maximum Gasteiger partial charge on any atom is 0.129 e. The summed E-state index contributed by atoms with van der Waals surface area (Å²) in [6, 6.07) is 13.2. The predicted molar refractivity (Wildman–Crippen MR) is 71.2 cm³/mol. The molecule has 0 aliphatic carbocycles. The van der Waals surface area contributed by atoms with Gasteiger partial charge in [-0.15, -0.1) is 0 Å². The van der Waals surface area contributed by atoms with Gasteiger partial charge in [-0.2, -0.15) is 0 Å². The highest BCUT2D eigenvalue weighted by Crippen LogP contribution is 2.16. The fourth-order valence-corrected chi connectivity index (χ4v) is 1.62. The van der Waals surface area contributed by atoms with Gasteiger partial charge in [-0.05, 0) is 29.8 Å². The van der Waals surface area contributed by atoms with Gasteiger partial charge >= 0.3 is 0 Å². The Kier molecular flexibility index (Phi) is 4.50. The molecule has 0 heterocycles. The minimum absolute atomic E-state index is 0.140. The smallest absolute Gasteiger partial charge is 0.129 e. The normalized spacial score (nSPS) is 10.7. The molecule has 0 amide bonds. The highest BCUT2D eigenvalue weighted by Gasteiger charge is 2.01. The van der Waals surface area contributed by atoms with E-state index in [4.69, 9.17) is 4.74 Å². The summed E-state index contributed by atoms with van der Waals surface area (Å²) in [5.41, 5.74) is 1.20. The molecule has 0 aliphatic rings. The minimum atomic E-state index is -1.25. The van der Waals surface area contributed by atoms with Crippen molar-refractivity contribution >= 4 is 12.0 Å². The van der Waals surface area contributed by atoms with E-state index in [2.05, 4.69) is 0 Å². The van der Waals surface area contributed by atoms with E-state index in [0.29, 0.717) is 16.9 Å². The van der Waals surface area contributed by atoms with E-state index in [-0.39, 0.29) is 12.4 Å². The predicted octanol–water partition coefficient (Wildman–Crippen LogP) is 2.17. The molecule has 0 radical (unpaired) electrons. The average Bonchev–Trinajstić information content (AvgIpc) is 2.45. The van der Waals surface area contributed by atoms with E-state index in [1.165, 1.54) is 12.1 Å². The van der Waals surface area contributed by atoms with Crippen molar-refractivity contribution < 1.29 is 19.0 Å². The van der Waals surface area contributed by atoms with E-state index in [9.17, 15) is 14.3 Å². The van der Waals surface area contributed by atoms with Gasteiger partial charge in [0.1, 0.15) is 18.2 Å². The standard InChI is InChI=1S/C16H13FO3/c17-15-4-2-1-3-13(15)11-20-14-8-5-12(6-9-14)7-10-16(18)19/h1-10H,11H2,(H,18,19)/p-1/b10-7-. The summed E-state index contributed by atoms with van der Waals surface area (Å²) in [5, 5.41) is 10.3. The van der Waals surface area contributed by atoms with Crippen LogP contribution in [0.5, 0.6) is 5.75 Å². The number of rotatable bonds is 5. The second-order valence-corrected chi connectivity index (χ2v) is 4.10. The quantitative estimate of drug-likeness (QED) is 0.783. The van der Waals surface area contributed by atoms with Crippen molar-refractivity contribution in [1.29, 1.82) is 0 Å². The van der Waals surface area contributed by atoms with Crippen molar-refractivity contribution in [2.24, 2.45) is 0 Å². The molecule has 0 aromatic heterocycles. The van der Waals surface area contributed by atoms with Crippen LogP contribution in [0.3, 0.4) is 0 Å². The molecule has 0 aliphatic heterocycles. The Morgan fingerprint density at radius 2 is 1.85 bits per heavy atom. The summed E-state index contributed by atoms with van der Waals surface area (Å²) < 4.78 is 18.8. The number of ether oxygens (including phenoxy) is 1. The molecule has 4 heteroatoms. The van der Waals surface area contributed by atoms with Gasteiger partial charge < -0.3 is 14.6 Å². The van der Waals surface area contributed by atoms with Crippen LogP contribution in [0, 0.1) is 5.82 Å². The number of halogens is 1. The summed E-state index contributed by atoms with van der Waals surface area (Å²) in [6.07, 6.45) is 2.38. The van der Waals surface area contributed by atoms with Crippen molar-refractivity contribution in [1.82, 2.24) is 0 Å². The lowest BCUT2D eigenvalue weighted by atomic mass is 10.2. The fourth-order valence-electron chi connectivity index (χ4n) is 1.62. The number of carbonyl (C=O) groups is 1. The van der Waals surface area contributed by atoms with Crippen LogP contribution in [-0.2, 0) is 11.4 Å². The number of aliphatic carboxylic acids is 1. The van der Waals surface area contributed by atoms with Crippen molar-refractivity contribution in [3.05, 3.63) is 71.6 Å². The molecule has 0 N–H and O–H groups in total. The molecule has 0 saturated heterocycles. The molecular weight excluding hydrogens is 259 g/mol. The maximum absolute atomic E-state index is 13.4. The highest BCUT2D eigenvalue weighted by atomic mass is 19.1. The highest BCUT2D eigenvalue weighted by molar-refractivity contribution is 5.83. The first-order valence-electron chi connectivity index (χ1n) is 6.00. The third kappa shape index (κ3) is 3.95. The number of hydrogen-bond acceptors (Lipinski definition) is 3. The Morgan fingerprint density at radius 3 is 2.50 bits per heavy atom. The Morgan fingerprint density at radius 1 is 1.15 bits per heavy atom. The third-order valence-corrected chi connectivity index (χ3v) is 2.64. The van der Waals surface area contributed by atoms with Crippen molar-refractivity contribution in [2.75, 3.05) is 0 Å². The van der Waals surface area contributed by atoms with Gasteiger partial charge in [0.05, 0.1) is 5.97 Å². The molecule has 20 heavy (non-hydrogen) atoms. The first kappa shape index (κ1) is 13.8. The topological polar surface area (TPSA) is 49.4 Å². The maximum atomic E-state index is 13.4. The Hall–Kier alpha value is -2.62. The molecule has 0 spiro atoms. The number of benzene rings is 2. The molecule has 0 unspecified atom stereocenters. The van der Waals surface area contributed by atoms with E-state index in [1.54, 1.807) is 42.5 Å². The Labute approximate surface area is 115 Å². The summed E-state index contributed by atoms with van der Waals surface area (Å²) in [4.78, 5) is 10.3. The van der Waals surface area contributed by atoms with Crippen LogP contribution in [-0.4, -0.2) is 5.97 Å². The van der Waals surface area contributed by atoms with Crippen LogP contribution in [0.1, 0.15) is 11.1 Å². The van der Waals surface area contributed by atoms with Gasteiger partial charge in [0.25, 0.3) is 0 Å². The summed E-state index contributed by atoms with van der Waals surface area (Å²) in [7, 11) is 0. The molecule has 102 valence electrons. The monoisotopic (exact) mass is 271 g/mol. The van der Waals surface area contributed by atoms with Crippen LogP contribution >= 0.6 is 0 Å². The number of carbonyl (C=O) groups excluding carboxylic acids is 1. The largest absolute Gasteiger partial charge is 0.545 e. The third-order valence-electron chi connectivity index (χ3n) is 2.64. The van der Waals surface area contributed by atoms with Gasteiger partial charge in [0.2, 0.25) is 0 Å². The number of carboxylic acid groups (broad SMARTS) is 1. The Bertz CT molecular complexity index is 618. The molecule has 2 aromatic carbocycles. The molecule has 0 saturated carbocycles. The zero-order chi connectivity index (χ0) is 14.4. The number of carboxylic acids is 1. The first-order chi connectivity index (χ1) is 9.65. The van der Waals surface area contributed by atoms with E-state index in [0.717, 1.165) is 6.08 Å². The SMILES string of the molecule is O=C([O-])/C=C\c1ccc(OCc2ccccc2F)cc1. The lowest BCUT2D eigenvalue weighted by molar-refractivity contribution is -0.297. The Balaban J connectivity index is 1.97. The van der Waals surface area contributed by atoms with Crippen LogP contribution < -0.4 is 9.84 Å². The zero-order valence-electron chi connectivity index (χ0n) is 10.6. The molecule has 3 nitrogen and oxygen atoms in total. The lowest BCUT2D eigenvalue weighted by Gasteiger charge is -2.07. The fraction of sp³-hybridized carbons (Fsp3) is 0.0625. The molecule has 0 bridgehead atoms. The summed E-state index contributed by atoms with van der Waals surface area (Å²) in [6.45, 7) is 0.140. The van der Waals surface area contributed by atoms with E-state index in [1.807, 2.05) is 0 Å². The van der Waals surface area contributed by atoms with Gasteiger partial charge in [0, 0.05) is 5.56 Å². The second-order valence-electron chi connectivity index (χ2n) is 4.10.